The van der Waals surface area contributed by atoms with Crippen molar-refractivity contribution in [3.63, 3.8) is 0 Å². The van der Waals surface area contributed by atoms with Crippen LogP contribution in [0.25, 0.3) is 0 Å². The Morgan fingerprint density at radius 3 is 2.17 bits per heavy atom. The van der Waals surface area contributed by atoms with Crippen LogP contribution in [0.4, 0.5) is 0 Å². The van der Waals surface area contributed by atoms with Crippen molar-refractivity contribution in [2.24, 2.45) is 0 Å². The second kappa shape index (κ2) is 9.73. The molecule has 0 aliphatic rings. The summed E-state index contributed by atoms with van der Waals surface area (Å²) in [6.07, 6.45) is 2.25. The topological polar surface area (TPSA) is 61.4 Å². The lowest BCUT2D eigenvalue weighted by Gasteiger charge is -2.07. The molecule has 0 unspecified atom stereocenters. The third-order valence-electron chi connectivity index (χ3n) is 3.89. The van der Waals surface area contributed by atoms with Gasteiger partial charge in [-0.05, 0) is 55.1 Å². The standard InChI is InChI=1S/C20H26N2O2/c1-2-22-20(24)12-9-16-3-5-18(6-4-16)15-21-14-13-17-7-10-19(23)11-8-17/h3-8,10-11,21,23H,2,9,12-15H2,1H3,(H,22,24). The van der Waals surface area contributed by atoms with Gasteiger partial charge in [0.2, 0.25) is 5.91 Å². The van der Waals surface area contributed by atoms with E-state index in [1.807, 2.05) is 19.1 Å². The van der Waals surface area contributed by atoms with E-state index in [-0.39, 0.29) is 5.91 Å². The summed E-state index contributed by atoms with van der Waals surface area (Å²) >= 11 is 0. The Morgan fingerprint density at radius 2 is 1.50 bits per heavy atom. The molecule has 0 saturated heterocycles. The number of phenolic OH excluding ortho intramolecular Hbond substituents is 1. The van der Waals surface area contributed by atoms with Crippen molar-refractivity contribution < 1.29 is 9.90 Å². The van der Waals surface area contributed by atoms with E-state index in [9.17, 15) is 9.90 Å². The van der Waals surface area contributed by atoms with Gasteiger partial charge in [0.05, 0.1) is 0 Å². The van der Waals surface area contributed by atoms with E-state index in [1.54, 1.807) is 12.1 Å². The van der Waals surface area contributed by atoms with Crippen molar-refractivity contribution in [3.05, 3.63) is 65.2 Å². The summed E-state index contributed by atoms with van der Waals surface area (Å²) in [6, 6.07) is 15.7. The zero-order chi connectivity index (χ0) is 17.2. The molecule has 0 aliphatic heterocycles. The van der Waals surface area contributed by atoms with Crippen molar-refractivity contribution in [1.82, 2.24) is 10.6 Å². The molecule has 0 aliphatic carbocycles. The summed E-state index contributed by atoms with van der Waals surface area (Å²) in [5, 5.41) is 15.5. The summed E-state index contributed by atoms with van der Waals surface area (Å²) in [5.74, 6) is 0.413. The minimum atomic E-state index is 0.109. The molecule has 24 heavy (non-hydrogen) atoms. The number of nitrogens with one attached hydrogen (secondary N) is 2. The number of hydrogen-bond acceptors (Lipinski definition) is 3. The second-order valence-electron chi connectivity index (χ2n) is 5.86. The summed E-state index contributed by atoms with van der Waals surface area (Å²) in [7, 11) is 0. The van der Waals surface area contributed by atoms with Gasteiger partial charge < -0.3 is 15.7 Å². The van der Waals surface area contributed by atoms with Crippen molar-refractivity contribution >= 4 is 5.91 Å². The number of amides is 1. The third kappa shape index (κ3) is 6.42. The fourth-order valence-electron chi connectivity index (χ4n) is 2.50. The largest absolute Gasteiger partial charge is 0.508 e. The molecule has 1 amide bonds. The number of carbonyl (C=O) groups excluding carboxylic acids is 1. The molecule has 0 fully saturated rings. The van der Waals surface area contributed by atoms with Crippen LogP contribution in [0.2, 0.25) is 0 Å². The van der Waals surface area contributed by atoms with Crippen molar-refractivity contribution in [1.29, 1.82) is 0 Å². The lowest BCUT2D eigenvalue weighted by Crippen LogP contribution is -2.22. The highest BCUT2D eigenvalue weighted by Crippen LogP contribution is 2.10. The Bertz CT molecular complexity index is 621. The quantitative estimate of drug-likeness (QED) is 0.621. The van der Waals surface area contributed by atoms with E-state index in [0.717, 1.165) is 25.9 Å². The van der Waals surface area contributed by atoms with Crippen molar-refractivity contribution in [2.45, 2.75) is 32.7 Å². The Labute approximate surface area is 143 Å². The molecule has 4 heteroatoms. The Balaban J connectivity index is 1.68. The molecule has 0 saturated carbocycles. The first kappa shape index (κ1) is 18.0. The van der Waals surface area contributed by atoms with Crippen LogP contribution in [0.1, 0.15) is 30.0 Å². The maximum atomic E-state index is 11.5. The van der Waals surface area contributed by atoms with E-state index < -0.39 is 0 Å². The Morgan fingerprint density at radius 1 is 0.917 bits per heavy atom. The molecule has 0 radical (unpaired) electrons. The van der Waals surface area contributed by atoms with Gasteiger partial charge in [-0.2, -0.15) is 0 Å². The fourth-order valence-corrected chi connectivity index (χ4v) is 2.50. The maximum Gasteiger partial charge on any atom is 0.220 e. The van der Waals surface area contributed by atoms with E-state index in [1.165, 1.54) is 16.7 Å². The number of benzene rings is 2. The predicted octanol–water partition coefficient (Wildman–Crippen LogP) is 2.79. The average molecular weight is 326 g/mol. The molecule has 0 bridgehead atoms. The lowest BCUT2D eigenvalue weighted by molar-refractivity contribution is -0.120. The smallest absolute Gasteiger partial charge is 0.220 e. The molecule has 4 nitrogen and oxygen atoms in total. The van der Waals surface area contributed by atoms with Gasteiger partial charge in [0.15, 0.2) is 0 Å². The molecule has 2 aromatic carbocycles. The fraction of sp³-hybridized carbons (Fsp3) is 0.350. The normalized spacial score (nSPS) is 10.5. The summed E-state index contributed by atoms with van der Waals surface area (Å²) in [4.78, 5) is 11.5. The predicted molar refractivity (Wildman–Crippen MR) is 97.0 cm³/mol. The third-order valence-corrected chi connectivity index (χ3v) is 3.89. The van der Waals surface area contributed by atoms with E-state index in [0.29, 0.717) is 18.7 Å². The lowest BCUT2D eigenvalue weighted by atomic mass is 10.1. The Kier molecular flexibility index (Phi) is 7.30. The number of hydrogen-bond donors (Lipinski definition) is 3. The molecule has 0 heterocycles. The Hall–Kier alpha value is -2.33. The maximum absolute atomic E-state index is 11.5. The highest BCUT2D eigenvalue weighted by molar-refractivity contribution is 5.76. The van der Waals surface area contributed by atoms with Crippen LogP contribution in [-0.4, -0.2) is 24.1 Å². The van der Waals surface area contributed by atoms with Crippen molar-refractivity contribution in [2.75, 3.05) is 13.1 Å². The molecule has 2 rings (SSSR count). The minimum Gasteiger partial charge on any atom is -0.508 e. The highest BCUT2D eigenvalue weighted by atomic mass is 16.3. The highest BCUT2D eigenvalue weighted by Gasteiger charge is 2.01. The van der Waals surface area contributed by atoms with Gasteiger partial charge in [-0.25, -0.2) is 0 Å². The van der Waals surface area contributed by atoms with E-state index >= 15 is 0 Å². The van der Waals surface area contributed by atoms with Gasteiger partial charge in [-0.1, -0.05) is 36.4 Å². The van der Waals surface area contributed by atoms with Crippen LogP contribution in [0, 0.1) is 0 Å². The van der Waals surface area contributed by atoms with Crippen LogP contribution in [-0.2, 0) is 24.2 Å². The van der Waals surface area contributed by atoms with Crippen LogP contribution in [0.15, 0.2) is 48.5 Å². The number of rotatable bonds is 9. The zero-order valence-corrected chi connectivity index (χ0v) is 14.2. The molecule has 0 aromatic heterocycles. The molecule has 128 valence electrons. The SMILES string of the molecule is CCNC(=O)CCc1ccc(CNCCc2ccc(O)cc2)cc1. The zero-order valence-electron chi connectivity index (χ0n) is 14.2. The molecular weight excluding hydrogens is 300 g/mol. The average Bonchev–Trinajstić information content (AvgIpc) is 2.60. The molecule has 0 spiro atoms. The van der Waals surface area contributed by atoms with Crippen LogP contribution in [0.3, 0.4) is 0 Å². The van der Waals surface area contributed by atoms with Gasteiger partial charge in [0, 0.05) is 19.5 Å². The number of aromatic hydroxyl groups is 1. The first-order valence-corrected chi connectivity index (χ1v) is 8.50. The van der Waals surface area contributed by atoms with Gasteiger partial charge >= 0.3 is 0 Å². The van der Waals surface area contributed by atoms with Crippen LogP contribution >= 0.6 is 0 Å². The minimum absolute atomic E-state index is 0.109. The number of carbonyl (C=O) groups is 1. The molecule has 2 aromatic rings. The van der Waals surface area contributed by atoms with E-state index in [2.05, 4.69) is 34.9 Å². The summed E-state index contributed by atoms with van der Waals surface area (Å²) in [5.41, 5.74) is 3.64. The van der Waals surface area contributed by atoms with Gasteiger partial charge in [-0.15, -0.1) is 0 Å². The van der Waals surface area contributed by atoms with Gasteiger partial charge in [0.25, 0.3) is 0 Å². The molecule has 3 N–H and O–H groups in total. The first-order chi connectivity index (χ1) is 11.7. The van der Waals surface area contributed by atoms with E-state index in [4.69, 9.17) is 0 Å². The van der Waals surface area contributed by atoms with Crippen molar-refractivity contribution in [3.8, 4) is 5.75 Å². The summed E-state index contributed by atoms with van der Waals surface area (Å²) < 4.78 is 0. The first-order valence-electron chi connectivity index (χ1n) is 8.50. The number of aryl methyl sites for hydroxylation is 1. The number of phenols is 1. The van der Waals surface area contributed by atoms with Gasteiger partial charge in [0.1, 0.15) is 5.75 Å². The summed E-state index contributed by atoms with van der Waals surface area (Å²) in [6.45, 7) is 4.34. The second-order valence-corrected chi connectivity index (χ2v) is 5.86. The molecular formula is C20H26N2O2. The van der Waals surface area contributed by atoms with Crippen LogP contribution < -0.4 is 10.6 Å². The van der Waals surface area contributed by atoms with Gasteiger partial charge in [-0.3, -0.25) is 4.79 Å². The molecule has 0 atom stereocenters. The van der Waals surface area contributed by atoms with Crippen LogP contribution in [0.5, 0.6) is 5.75 Å². The monoisotopic (exact) mass is 326 g/mol.